The van der Waals surface area contributed by atoms with Crippen LogP contribution < -0.4 is 10.2 Å². The fourth-order valence-corrected chi connectivity index (χ4v) is 8.21. The normalized spacial score (nSPS) is 14.8. The van der Waals surface area contributed by atoms with E-state index in [4.69, 9.17) is 9.05 Å². The van der Waals surface area contributed by atoms with Crippen molar-refractivity contribution in [2.45, 2.75) is 231 Å². The van der Waals surface area contributed by atoms with Crippen molar-refractivity contribution in [2.75, 3.05) is 40.9 Å². The minimum atomic E-state index is -4.60. The molecular weight excluding hydrogens is 864 g/mol. The maximum Gasteiger partial charge on any atom is 0.268 e. The summed E-state index contributed by atoms with van der Waals surface area (Å²) in [7, 11) is 1.25. The number of allylic oxidation sites excluding steroid dienone is 15. The van der Waals surface area contributed by atoms with E-state index in [-0.39, 0.29) is 19.1 Å². The maximum absolute atomic E-state index is 12.9. The number of unbranched alkanes of at least 4 members (excludes halogenated alkanes) is 22. The summed E-state index contributed by atoms with van der Waals surface area (Å²) < 4.78 is 23.3. The number of aliphatic hydroxyl groups excluding tert-OH is 1. The molecule has 3 atom stereocenters. The number of phosphoric ester groups is 1. The Balaban J connectivity index is 4.14. The quantitative estimate of drug-likeness (QED) is 0.0272. The molecule has 0 saturated carbocycles. The van der Waals surface area contributed by atoms with Crippen LogP contribution in [0, 0.1) is 0 Å². The number of phosphoric acid groups is 1. The first-order chi connectivity index (χ1) is 33.0. The van der Waals surface area contributed by atoms with Gasteiger partial charge in [0.05, 0.1) is 39.9 Å². The third-order valence-corrected chi connectivity index (χ3v) is 12.8. The summed E-state index contributed by atoms with van der Waals surface area (Å²) >= 11 is 0. The molecule has 9 heteroatoms. The van der Waals surface area contributed by atoms with E-state index in [0.717, 1.165) is 83.5 Å². The van der Waals surface area contributed by atoms with Gasteiger partial charge in [0.25, 0.3) is 7.82 Å². The minimum Gasteiger partial charge on any atom is -0.756 e. The van der Waals surface area contributed by atoms with Crippen LogP contribution in [0.4, 0.5) is 0 Å². The number of rotatable bonds is 49. The van der Waals surface area contributed by atoms with Crippen molar-refractivity contribution in [2.24, 2.45) is 0 Å². The van der Waals surface area contributed by atoms with Crippen LogP contribution in [0.15, 0.2) is 97.2 Å². The molecule has 2 N–H and O–H groups in total. The summed E-state index contributed by atoms with van der Waals surface area (Å²) in [6, 6.07) is -0.893. The Bertz CT molecular complexity index is 1420. The molecule has 0 radical (unpaired) electrons. The van der Waals surface area contributed by atoms with Gasteiger partial charge >= 0.3 is 0 Å². The zero-order valence-electron chi connectivity index (χ0n) is 44.5. The van der Waals surface area contributed by atoms with Crippen LogP contribution in [0.25, 0.3) is 0 Å². The highest BCUT2D eigenvalue weighted by Crippen LogP contribution is 2.38. The zero-order valence-corrected chi connectivity index (χ0v) is 45.4. The Morgan fingerprint density at radius 3 is 1.31 bits per heavy atom. The molecular formula is C59H105N2O6P. The molecule has 0 aromatic carbocycles. The Labute approximate surface area is 419 Å². The second-order valence-corrected chi connectivity index (χ2v) is 21.0. The molecule has 68 heavy (non-hydrogen) atoms. The number of nitrogens with one attached hydrogen (secondary N) is 1. The van der Waals surface area contributed by atoms with Gasteiger partial charge in [-0.25, -0.2) is 0 Å². The van der Waals surface area contributed by atoms with Crippen molar-refractivity contribution in [3.8, 4) is 0 Å². The van der Waals surface area contributed by atoms with Gasteiger partial charge in [0.15, 0.2) is 0 Å². The lowest BCUT2D eigenvalue weighted by molar-refractivity contribution is -0.870. The Morgan fingerprint density at radius 2 is 0.897 bits per heavy atom. The minimum absolute atomic E-state index is 0.00549. The van der Waals surface area contributed by atoms with Crippen molar-refractivity contribution in [1.29, 1.82) is 0 Å². The molecule has 0 bridgehead atoms. The first-order valence-electron chi connectivity index (χ1n) is 27.6. The third-order valence-electron chi connectivity index (χ3n) is 11.8. The first-order valence-corrected chi connectivity index (χ1v) is 29.1. The van der Waals surface area contributed by atoms with Crippen LogP contribution in [-0.2, 0) is 18.4 Å². The molecule has 0 saturated heterocycles. The molecule has 0 heterocycles. The fourth-order valence-electron chi connectivity index (χ4n) is 7.49. The topological polar surface area (TPSA) is 108 Å². The number of hydrogen-bond donors (Lipinski definition) is 2. The van der Waals surface area contributed by atoms with E-state index >= 15 is 0 Å². The van der Waals surface area contributed by atoms with Crippen LogP contribution in [-0.4, -0.2) is 68.5 Å². The van der Waals surface area contributed by atoms with Crippen molar-refractivity contribution >= 4 is 13.7 Å². The van der Waals surface area contributed by atoms with Crippen LogP contribution in [0.1, 0.15) is 219 Å². The number of hydrogen-bond acceptors (Lipinski definition) is 6. The van der Waals surface area contributed by atoms with Gasteiger partial charge in [-0.1, -0.05) is 233 Å². The number of likely N-dealkylation sites (N-methyl/N-ethyl adjacent to an activating group) is 1. The van der Waals surface area contributed by atoms with Gasteiger partial charge in [0.2, 0.25) is 5.91 Å². The van der Waals surface area contributed by atoms with Gasteiger partial charge in [-0.15, -0.1) is 0 Å². The Kier molecular flexibility index (Phi) is 47.5. The first kappa shape index (κ1) is 65.4. The van der Waals surface area contributed by atoms with Gasteiger partial charge in [0.1, 0.15) is 13.2 Å². The molecule has 392 valence electrons. The summed E-state index contributed by atoms with van der Waals surface area (Å²) in [4.78, 5) is 25.4. The van der Waals surface area contributed by atoms with E-state index in [1.807, 2.05) is 27.2 Å². The second-order valence-electron chi connectivity index (χ2n) is 19.6. The third kappa shape index (κ3) is 51.3. The summed E-state index contributed by atoms with van der Waals surface area (Å²) in [5.74, 6) is -0.205. The van der Waals surface area contributed by atoms with E-state index in [1.165, 1.54) is 116 Å². The lowest BCUT2D eigenvalue weighted by Gasteiger charge is -2.29. The molecule has 0 rings (SSSR count). The van der Waals surface area contributed by atoms with E-state index in [0.29, 0.717) is 17.4 Å². The van der Waals surface area contributed by atoms with Gasteiger partial charge in [0, 0.05) is 6.42 Å². The predicted molar refractivity (Wildman–Crippen MR) is 293 cm³/mol. The van der Waals surface area contributed by atoms with Crippen LogP contribution in [0.3, 0.4) is 0 Å². The summed E-state index contributed by atoms with van der Waals surface area (Å²) in [5.41, 5.74) is 0. The number of aliphatic hydroxyl groups is 1. The lowest BCUT2D eigenvalue weighted by Crippen LogP contribution is -2.45. The molecule has 8 nitrogen and oxygen atoms in total. The number of carbonyl (C=O) groups excluding carboxylic acids is 1. The zero-order chi connectivity index (χ0) is 49.9. The molecule has 0 spiro atoms. The number of quaternary nitrogens is 1. The van der Waals surface area contributed by atoms with Crippen molar-refractivity contribution in [3.05, 3.63) is 97.2 Å². The smallest absolute Gasteiger partial charge is 0.268 e. The van der Waals surface area contributed by atoms with Crippen molar-refractivity contribution in [1.82, 2.24) is 5.32 Å². The highest BCUT2D eigenvalue weighted by atomic mass is 31.2. The van der Waals surface area contributed by atoms with Gasteiger partial charge in [-0.2, -0.15) is 0 Å². The van der Waals surface area contributed by atoms with Gasteiger partial charge < -0.3 is 28.8 Å². The lowest BCUT2D eigenvalue weighted by atomic mass is 10.0. The molecule has 0 aromatic rings. The van der Waals surface area contributed by atoms with E-state index in [1.54, 1.807) is 6.08 Å². The monoisotopic (exact) mass is 969 g/mol. The number of carbonyl (C=O) groups is 1. The van der Waals surface area contributed by atoms with E-state index in [2.05, 4.69) is 104 Å². The molecule has 0 aliphatic carbocycles. The SMILES string of the molecule is CC/C=C\C/C=C\C/C=C\C/C=C\C/C=C\C/C=C\C/C=C\CCCCCCCCCCCCCC(=O)NC(COP(=O)([O-])OCC[N+](C)(C)C)C(O)/C=C/CCCCCCCCCCCCC. The van der Waals surface area contributed by atoms with Crippen LogP contribution >= 0.6 is 7.82 Å². The summed E-state index contributed by atoms with van der Waals surface area (Å²) in [6.45, 7) is 4.52. The average molecular weight is 969 g/mol. The molecule has 3 unspecified atom stereocenters. The number of nitrogens with zero attached hydrogens (tertiary/aromatic N) is 1. The summed E-state index contributed by atoms with van der Waals surface area (Å²) in [6.07, 6.45) is 70.4. The van der Waals surface area contributed by atoms with E-state index < -0.39 is 20.0 Å². The highest BCUT2D eigenvalue weighted by molar-refractivity contribution is 7.45. The fraction of sp³-hybridized carbons (Fsp3) is 0.712. The van der Waals surface area contributed by atoms with Crippen molar-refractivity contribution in [3.63, 3.8) is 0 Å². The largest absolute Gasteiger partial charge is 0.756 e. The molecule has 0 aromatic heterocycles. The summed E-state index contributed by atoms with van der Waals surface area (Å²) in [5, 5.41) is 13.8. The maximum atomic E-state index is 12.9. The van der Waals surface area contributed by atoms with E-state index in [9.17, 15) is 19.4 Å². The average Bonchev–Trinajstić information content (AvgIpc) is 3.30. The molecule has 0 aliphatic heterocycles. The molecule has 0 fully saturated rings. The predicted octanol–water partition coefficient (Wildman–Crippen LogP) is 16.0. The van der Waals surface area contributed by atoms with Gasteiger partial charge in [-0.05, 0) is 77.0 Å². The number of amides is 1. The van der Waals surface area contributed by atoms with Gasteiger partial charge in [-0.3, -0.25) is 9.36 Å². The Morgan fingerprint density at radius 1 is 0.529 bits per heavy atom. The Hall–Kier alpha value is -2.58. The standard InChI is InChI=1S/C59H105N2O6P/c1-6-8-10-12-14-16-18-20-21-22-23-24-25-26-27-28-29-30-31-32-33-34-35-36-37-38-39-41-43-45-47-49-51-53-59(63)60-57(56-67-68(64,65)66-55-54-61(3,4)5)58(62)52-50-48-46-44-42-40-19-17-15-13-11-9-7-2/h8,10,14,16,20-21,23-24,26-27,29-30,32-33,50,52,57-58,62H,6-7,9,11-13,15,17-19,22,25,28,31,34-49,51,53-56H2,1-5H3,(H-,60,63,64,65)/b10-8-,16-14-,21-20-,24-23-,27-26-,30-29-,33-32-,52-50+. The molecule has 0 aliphatic rings. The van der Waals surface area contributed by atoms with Crippen LogP contribution in [0.5, 0.6) is 0 Å². The second kappa shape index (κ2) is 49.4. The highest BCUT2D eigenvalue weighted by Gasteiger charge is 2.23. The molecule has 1 amide bonds. The van der Waals surface area contributed by atoms with Crippen LogP contribution in [0.2, 0.25) is 0 Å². The van der Waals surface area contributed by atoms with Crippen molar-refractivity contribution < 1.29 is 32.9 Å².